The Morgan fingerprint density at radius 2 is 1.45 bits per heavy atom. The molecule has 0 saturated carbocycles. The Labute approximate surface area is 287 Å². The molecule has 0 aliphatic rings. The first-order chi connectivity index (χ1) is 23.5. The van der Waals surface area contributed by atoms with E-state index in [1.165, 1.54) is 19.4 Å². The minimum atomic E-state index is -1.16. The molecule has 9 N–H and O–H groups in total. The van der Waals surface area contributed by atoms with Gasteiger partial charge in [-0.2, -0.15) is 12.6 Å². The number of hydrogen-bond acceptors (Lipinski definition) is 8. The predicted octanol–water partition coefficient (Wildman–Crippen LogP) is -0.591. The third kappa shape index (κ3) is 10.7. The number of hydrogen-bond donors (Lipinski definition) is 9. The van der Waals surface area contributed by atoms with Crippen LogP contribution in [0.3, 0.4) is 0 Å². The Balaban J connectivity index is 1.36. The van der Waals surface area contributed by atoms with Gasteiger partial charge >= 0.3 is 0 Å². The molecular weight excluding hydrogens is 650 g/mol. The van der Waals surface area contributed by atoms with Crippen LogP contribution >= 0.6 is 12.6 Å². The molecule has 0 aliphatic carbocycles. The number of aromatic amines is 2. The maximum Gasteiger partial charge on any atom is 0.244 e. The first kappa shape index (κ1) is 36.2. The van der Waals surface area contributed by atoms with Crippen molar-refractivity contribution in [2.45, 2.75) is 50.4 Å². The summed E-state index contributed by atoms with van der Waals surface area (Å²) in [6.07, 6.45) is 4.94. The van der Waals surface area contributed by atoms with E-state index in [0.29, 0.717) is 5.69 Å². The van der Waals surface area contributed by atoms with Crippen LogP contribution in [-0.2, 0) is 48.0 Å². The molecule has 15 nitrogen and oxygen atoms in total. The highest BCUT2D eigenvalue weighted by Crippen LogP contribution is 2.19. The van der Waals surface area contributed by atoms with Crippen molar-refractivity contribution < 1.29 is 28.8 Å². The molecule has 0 bridgehead atoms. The molecule has 4 aromatic rings. The quantitative estimate of drug-likeness (QED) is 0.0654. The number of nitrogens with zero attached hydrogens (tertiary/aromatic N) is 1. The summed E-state index contributed by atoms with van der Waals surface area (Å²) in [5.74, 6) is -4.01. The summed E-state index contributed by atoms with van der Waals surface area (Å²) in [5.41, 5.74) is 8.55. The van der Waals surface area contributed by atoms with Crippen molar-refractivity contribution in [2.75, 3.05) is 12.3 Å². The Hall–Kier alpha value is -5.64. The molecule has 0 fully saturated rings. The van der Waals surface area contributed by atoms with Crippen molar-refractivity contribution in [3.8, 4) is 0 Å². The number of amides is 6. The van der Waals surface area contributed by atoms with Crippen LogP contribution in [0.25, 0.3) is 10.9 Å². The van der Waals surface area contributed by atoms with Gasteiger partial charge in [0, 0.05) is 60.9 Å². The zero-order valence-corrected chi connectivity index (χ0v) is 27.6. The van der Waals surface area contributed by atoms with E-state index in [9.17, 15) is 28.8 Å². The van der Waals surface area contributed by atoms with Crippen LogP contribution in [0, 0.1) is 0 Å². The Bertz CT molecular complexity index is 1760. The van der Waals surface area contributed by atoms with E-state index in [1.54, 1.807) is 18.3 Å². The molecule has 0 aliphatic heterocycles. The highest BCUT2D eigenvalue weighted by molar-refractivity contribution is 7.80. The van der Waals surface area contributed by atoms with E-state index in [1.807, 2.05) is 42.5 Å². The zero-order valence-electron chi connectivity index (χ0n) is 26.7. The van der Waals surface area contributed by atoms with Crippen LogP contribution in [0.1, 0.15) is 23.7 Å². The second-order valence-electron chi connectivity index (χ2n) is 11.3. The molecule has 0 unspecified atom stereocenters. The molecule has 4 rings (SSSR count). The van der Waals surface area contributed by atoms with Crippen LogP contribution in [0.4, 0.5) is 0 Å². The number of aromatic nitrogens is 3. The Kier molecular flexibility index (Phi) is 12.9. The van der Waals surface area contributed by atoms with Crippen molar-refractivity contribution in [2.24, 2.45) is 5.73 Å². The summed E-state index contributed by atoms with van der Waals surface area (Å²) in [6, 6.07) is 12.2. The first-order valence-corrected chi connectivity index (χ1v) is 16.1. The van der Waals surface area contributed by atoms with Crippen molar-refractivity contribution in [1.29, 1.82) is 0 Å². The summed E-state index contributed by atoms with van der Waals surface area (Å²) in [5, 5.41) is 13.7. The van der Waals surface area contributed by atoms with E-state index in [2.05, 4.69) is 54.2 Å². The molecule has 0 spiro atoms. The standard InChI is InChI=1S/C33H39N9O6S/c1-19(43)39-26(11-20-7-3-2-4-8-20)32(47)42-27(13-22-15-35-18-38-22)31(46)37-16-29(44)40-28(17-49)33(48)41-25(30(34)45)12-21-14-36-24-10-6-5-9-23(21)24/h2-10,14-15,18,25-28,36,49H,11-13,16-17H2,1H3,(H2,34,45)(H,35,38)(H,37,46)(H,39,43)(H,40,44)(H,41,48)(H,42,47)/t25-,26-,27-,28-/m0/s1. The van der Waals surface area contributed by atoms with Gasteiger partial charge in [0.05, 0.1) is 12.9 Å². The van der Waals surface area contributed by atoms with Crippen molar-refractivity contribution in [3.05, 3.63) is 90.1 Å². The number of thiol groups is 1. The van der Waals surface area contributed by atoms with Crippen LogP contribution in [0.15, 0.2) is 73.3 Å². The number of nitrogens with two attached hydrogens (primary N) is 1. The molecule has 0 radical (unpaired) electrons. The SMILES string of the molecule is CC(=O)N[C@@H](Cc1ccccc1)C(=O)N[C@@H](Cc1cnc[nH]1)C(=O)NCC(=O)N[C@@H](CS)C(=O)N[C@@H](Cc1c[nH]c2ccccc12)C(N)=O. The molecule has 49 heavy (non-hydrogen) atoms. The number of carbonyl (C=O) groups is 6. The van der Waals surface area contributed by atoms with Gasteiger partial charge in [-0.25, -0.2) is 4.98 Å². The number of fused-ring (bicyclic) bond motifs is 1. The van der Waals surface area contributed by atoms with Crippen molar-refractivity contribution in [1.82, 2.24) is 41.5 Å². The van der Waals surface area contributed by atoms with Crippen LogP contribution in [0.2, 0.25) is 0 Å². The van der Waals surface area contributed by atoms with E-state index in [-0.39, 0.29) is 25.0 Å². The van der Waals surface area contributed by atoms with Gasteiger partial charge in [-0.1, -0.05) is 48.5 Å². The lowest BCUT2D eigenvalue weighted by Crippen LogP contribution is -2.57. The topological polar surface area (TPSA) is 233 Å². The number of H-pyrrole nitrogens is 2. The third-order valence-corrected chi connectivity index (χ3v) is 7.97. The van der Waals surface area contributed by atoms with Gasteiger partial charge in [0.2, 0.25) is 35.4 Å². The lowest BCUT2D eigenvalue weighted by atomic mass is 10.0. The predicted molar refractivity (Wildman–Crippen MR) is 184 cm³/mol. The van der Waals surface area contributed by atoms with E-state index in [4.69, 9.17) is 5.73 Å². The second kappa shape index (κ2) is 17.5. The van der Waals surface area contributed by atoms with Gasteiger partial charge in [0.25, 0.3) is 0 Å². The molecule has 4 atom stereocenters. The number of rotatable bonds is 17. The maximum atomic E-state index is 13.3. The lowest BCUT2D eigenvalue weighted by molar-refractivity contribution is -0.133. The Morgan fingerprint density at radius 3 is 2.12 bits per heavy atom. The van der Waals surface area contributed by atoms with Crippen molar-refractivity contribution >= 4 is 59.0 Å². The average molecular weight is 690 g/mol. The number of primary amides is 1. The molecule has 2 heterocycles. The van der Waals surface area contributed by atoms with E-state index >= 15 is 0 Å². The summed E-state index contributed by atoms with van der Waals surface area (Å²) in [6.45, 7) is 0.744. The van der Waals surface area contributed by atoms with Gasteiger partial charge in [-0.05, 0) is 17.2 Å². The van der Waals surface area contributed by atoms with Gasteiger partial charge in [0.15, 0.2) is 0 Å². The minimum Gasteiger partial charge on any atom is -0.368 e. The molecule has 258 valence electrons. The molecule has 2 aromatic heterocycles. The molecular formula is C33H39N9O6S. The second-order valence-corrected chi connectivity index (χ2v) is 11.7. The van der Waals surface area contributed by atoms with Crippen LogP contribution < -0.4 is 32.3 Å². The summed E-state index contributed by atoms with van der Waals surface area (Å²) in [4.78, 5) is 86.6. The number of nitrogens with one attached hydrogen (secondary N) is 7. The number of benzene rings is 2. The summed E-state index contributed by atoms with van der Waals surface area (Å²) in [7, 11) is 0. The van der Waals surface area contributed by atoms with E-state index < -0.39 is 66.2 Å². The smallest absolute Gasteiger partial charge is 0.244 e. The fourth-order valence-electron chi connectivity index (χ4n) is 5.15. The molecule has 16 heteroatoms. The van der Waals surface area contributed by atoms with Crippen LogP contribution in [-0.4, -0.2) is 86.9 Å². The van der Waals surface area contributed by atoms with Gasteiger partial charge in [-0.15, -0.1) is 0 Å². The monoisotopic (exact) mass is 689 g/mol. The highest BCUT2D eigenvalue weighted by Gasteiger charge is 2.29. The maximum absolute atomic E-state index is 13.3. The number of para-hydroxylation sites is 1. The molecule has 2 aromatic carbocycles. The first-order valence-electron chi connectivity index (χ1n) is 15.4. The van der Waals surface area contributed by atoms with Crippen LogP contribution in [0.5, 0.6) is 0 Å². The zero-order chi connectivity index (χ0) is 35.3. The number of imidazole rings is 1. The molecule has 6 amide bonds. The van der Waals surface area contributed by atoms with Gasteiger partial charge in [0.1, 0.15) is 24.2 Å². The highest BCUT2D eigenvalue weighted by atomic mass is 32.1. The lowest BCUT2D eigenvalue weighted by Gasteiger charge is -2.23. The molecule has 0 saturated heterocycles. The van der Waals surface area contributed by atoms with Gasteiger partial charge < -0.3 is 42.3 Å². The Morgan fingerprint density at radius 1 is 0.776 bits per heavy atom. The average Bonchev–Trinajstić information content (AvgIpc) is 3.75. The third-order valence-electron chi connectivity index (χ3n) is 7.60. The largest absolute Gasteiger partial charge is 0.368 e. The minimum absolute atomic E-state index is 0.00390. The fraction of sp³-hybridized carbons (Fsp3) is 0.303. The fourth-order valence-corrected chi connectivity index (χ4v) is 5.40. The summed E-state index contributed by atoms with van der Waals surface area (Å²) < 4.78 is 0. The van der Waals surface area contributed by atoms with Crippen molar-refractivity contribution in [3.63, 3.8) is 0 Å². The normalized spacial score (nSPS) is 13.3. The van der Waals surface area contributed by atoms with Gasteiger partial charge in [-0.3, -0.25) is 28.8 Å². The number of carbonyl (C=O) groups excluding carboxylic acids is 6. The summed E-state index contributed by atoms with van der Waals surface area (Å²) >= 11 is 4.18. The van der Waals surface area contributed by atoms with E-state index in [0.717, 1.165) is 22.0 Å².